The van der Waals surface area contributed by atoms with Gasteiger partial charge in [-0.15, -0.1) is 0 Å². The van der Waals surface area contributed by atoms with Crippen molar-refractivity contribution < 1.29 is 19.1 Å². The Morgan fingerprint density at radius 2 is 1.64 bits per heavy atom. The number of pyridine rings is 1. The standard InChI is InChI=1S/C29H40N6O4/c1-18-15-34(26-24(18)13-23(14-30-26)33-12-11-25(36)31-27(33)37)20-7-5-19(6-8-20)32-16-21-9-10-22(17-32)35(21)28(38)39-29(2,3)4/h13-15,19-22H,5-12,16-17H2,1-4H3,(H,31,36,37). The molecule has 4 aliphatic rings. The number of carbonyl (C=O) groups excluding carboxylic acids is 3. The van der Waals surface area contributed by atoms with Crippen molar-refractivity contribution in [1.29, 1.82) is 0 Å². The lowest BCUT2D eigenvalue weighted by Crippen LogP contribution is -2.59. The third-order valence-corrected chi connectivity index (χ3v) is 8.91. The van der Waals surface area contributed by atoms with Crippen molar-refractivity contribution in [2.24, 2.45) is 0 Å². The molecule has 4 amide bonds. The Kier molecular flexibility index (Phi) is 6.56. The quantitative estimate of drug-likeness (QED) is 0.626. The van der Waals surface area contributed by atoms with Gasteiger partial charge in [0.25, 0.3) is 0 Å². The molecule has 39 heavy (non-hydrogen) atoms. The highest BCUT2D eigenvalue weighted by Gasteiger charge is 2.46. The van der Waals surface area contributed by atoms with Crippen LogP contribution in [0.2, 0.25) is 0 Å². The van der Waals surface area contributed by atoms with E-state index in [4.69, 9.17) is 9.72 Å². The average molecular weight is 537 g/mol. The van der Waals surface area contributed by atoms with E-state index in [0.717, 1.165) is 73.9 Å². The van der Waals surface area contributed by atoms with Crippen molar-refractivity contribution in [3.63, 3.8) is 0 Å². The number of anilines is 1. The topological polar surface area (TPSA) is 100 Å². The zero-order chi connectivity index (χ0) is 27.5. The fraction of sp³-hybridized carbons (Fsp3) is 0.655. The Morgan fingerprint density at radius 1 is 1.00 bits per heavy atom. The summed E-state index contributed by atoms with van der Waals surface area (Å²) in [5, 5.41) is 3.44. The van der Waals surface area contributed by atoms with Crippen LogP contribution in [-0.4, -0.2) is 80.7 Å². The van der Waals surface area contributed by atoms with Crippen LogP contribution in [0, 0.1) is 6.92 Å². The summed E-state index contributed by atoms with van der Waals surface area (Å²) in [5.41, 5.74) is 2.35. The average Bonchev–Trinajstić information content (AvgIpc) is 3.35. The van der Waals surface area contributed by atoms with E-state index < -0.39 is 5.60 Å². The molecule has 3 aliphatic heterocycles. The highest BCUT2D eigenvalue weighted by Crippen LogP contribution is 2.39. The van der Waals surface area contributed by atoms with Crippen LogP contribution in [0.3, 0.4) is 0 Å². The molecule has 2 unspecified atom stereocenters. The summed E-state index contributed by atoms with van der Waals surface area (Å²) >= 11 is 0. The number of amides is 4. The fourth-order valence-corrected chi connectivity index (χ4v) is 7.07. The van der Waals surface area contributed by atoms with Gasteiger partial charge in [0, 0.05) is 61.8 Å². The van der Waals surface area contributed by atoms with Crippen molar-refractivity contribution >= 4 is 34.8 Å². The minimum Gasteiger partial charge on any atom is -0.444 e. The van der Waals surface area contributed by atoms with Crippen LogP contribution < -0.4 is 10.2 Å². The largest absolute Gasteiger partial charge is 0.444 e. The fourth-order valence-electron chi connectivity index (χ4n) is 7.07. The molecule has 1 aliphatic carbocycles. The van der Waals surface area contributed by atoms with E-state index >= 15 is 0 Å². The van der Waals surface area contributed by atoms with Crippen molar-refractivity contribution in [2.45, 2.75) is 102 Å². The summed E-state index contributed by atoms with van der Waals surface area (Å²) in [4.78, 5) is 47.7. The number of ether oxygens (including phenoxy) is 1. The Hall–Kier alpha value is -3.14. The number of carbonyl (C=O) groups is 3. The van der Waals surface area contributed by atoms with Crippen molar-refractivity contribution in [3.8, 4) is 0 Å². The number of aromatic nitrogens is 2. The molecule has 4 fully saturated rings. The molecule has 6 rings (SSSR count). The first-order chi connectivity index (χ1) is 18.6. The second kappa shape index (κ2) is 9.80. The SMILES string of the molecule is Cc1cn(C2CCC(N3CC4CCC(C3)N4C(=O)OC(C)(C)C)CC2)c2ncc(N3CCC(=O)NC3=O)cc12. The van der Waals surface area contributed by atoms with E-state index in [1.54, 1.807) is 11.1 Å². The highest BCUT2D eigenvalue weighted by atomic mass is 16.6. The van der Waals surface area contributed by atoms with E-state index in [1.807, 2.05) is 31.7 Å². The smallest absolute Gasteiger partial charge is 0.410 e. The van der Waals surface area contributed by atoms with Crippen LogP contribution in [0.1, 0.15) is 77.3 Å². The minimum atomic E-state index is -0.466. The van der Waals surface area contributed by atoms with Gasteiger partial charge >= 0.3 is 12.1 Å². The van der Waals surface area contributed by atoms with E-state index in [9.17, 15) is 14.4 Å². The number of nitrogens with one attached hydrogen (secondary N) is 1. The lowest BCUT2D eigenvalue weighted by atomic mass is 9.89. The molecule has 0 radical (unpaired) electrons. The van der Waals surface area contributed by atoms with Gasteiger partial charge in [-0.1, -0.05) is 0 Å². The second-order valence-corrected chi connectivity index (χ2v) is 12.7. The molecule has 0 aromatic carbocycles. The number of rotatable bonds is 3. The maximum atomic E-state index is 12.8. The molecule has 3 saturated heterocycles. The second-order valence-electron chi connectivity index (χ2n) is 12.7. The first-order valence-corrected chi connectivity index (χ1v) is 14.4. The molecule has 2 atom stereocenters. The predicted octanol–water partition coefficient (Wildman–Crippen LogP) is 4.36. The molecule has 1 saturated carbocycles. The number of imide groups is 1. The minimum absolute atomic E-state index is 0.154. The Morgan fingerprint density at radius 3 is 2.28 bits per heavy atom. The number of nitrogens with zero attached hydrogens (tertiary/aromatic N) is 5. The first-order valence-electron chi connectivity index (χ1n) is 14.4. The summed E-state index contributed by atoms with van der Waals surface area (Å²) in [6.07, 6.45) is 10.7. The number of urea groups is 1. The van der Waals surface area contributed by atoms with Gasteiger partial charge in [0.2, 0.25) is 5.91 Å². The lowest BCUT2D eigenvalue weighted by Gasteiger charge is -2.46. The summed E-state index contributed by atoms with van der Waals surface area (Å²) in [7, 11) is 0. The van der Waals surface area contributed by atoms with E-state index in [-0.39, 0.29) is 30.1 Å². The van der Waals surface area contributed by atoms with Gasteiger partial charge in [-0.05, 0) is 77.8 Å². The number of hydrogen-bond acceptors (Lipinski definition) is 6. The summed E-state index contributed by atoms with van der Waals surface area (Å²) in [6.45, 7) is 10.1. The van der Waals surface area contributed by atoms with Crippen molar-refractivity contribution in [3.05, 3.63) is 24.0 Å². The molecule has 2 bridgehead atoms. The Bertz CT molecular complexity index is 1280. The third kappa shape index (κ3) is 4.99. The van der Waals surface area contributed by atoms with Gasteiger partial charge in [-0.2, -0.15) is 0 Å². The summed E-state index contributed by atoms with van der Waals surface area (Å²) in [5.74, 6) is -0.235. The molecular weight excluding hydrogens is 496 g/mol. The number of likely N-dealkylation sites (tertiary alicyclic amines) is 1. The Labute approximate surface area is 229 Å². The maximum Gasteiger partial charge on any atom is 0.410 e. The molecule has 10 nitrogen and oxygen atoms in total. The number of hydrogen-bond donors (Lipinski definition) is 1. The maximum absolute atomic E-state index is 12.8. The van der Waals surface area contributed by atoms with Crippen LogP contribution in [-0.2, 0) is 9.53 Å². The number of piperazine rings is 1. The molecule has 2 aromatic heterocycles. The van der Waals surface area contributed by atoms with Crippen LogP contribution in [0.25, 0.3) is 11.0 Å². The van der Waals surface area contributed by atoms with Gasteiger partial charge in [-0.3, -0.25) is 24.8 Å². The number of fused-ring (bicyclic) bond motifs is 3. The monoisotopic (exact) mass is 536 g/mol. The highest BCUT2D eigenvalue weighted by molar-refractivity contribution is 6.06. The van der Waals surface area contributed by atoms with Gasteiger partial charge in [-0.25, -0.2) is 14.6 Å². The number of aryl methyl sites for hydroxylation is 1. The van der Waals surface area contributed by atoms with E-state index in [2.05, 4.69) is 27.9 Å². The van der Waals surface area contributed by atoms with Crippen LogP contribution in [0.5, 0.6) is 0 Å². The van der Waals surface area contributed by atoms with Gasteiger partial charge in [0.05, 0.1) is 11.9 Å². The first kappa shape index (κ1) is 26.1. The summed E-state index contributed by atoms with van der Waals surface area (Å²) in [6, 6.07) is 3.09. The van der Waals surface area contributed by atoms with Crippen molar-refractivity contribution in [1.82, 2.24) is 24.7 Å². The lowest BCUT2D eigenvalue weighted by molar-refractivity contribution is -0.120. The molecule has 5 heterocycles. The third-order valence-electron chi connectivity index (χ3n) is 8.91. The normalized spacial score (nSPS) is 28.2. The summed E-state index contributed by atoms with van der Waals surface area (Å²) < 4.78 is 8.04. The van der Waals surface area contributed by atoms with E-state index in [0.29, 0.717) is 25.0 Å². The molecule has 1 N–H and O–H groups in total. The predicted molar refractivity (Wildman–Crippen MR) is 148 cm³/mol. The molecule has 2 aromatic rings. The molecule has 210 valence electrons. The van der Waals surface area contributed by atoms with Crippen LogP contribution in [0.15, 0.2) is 18.5 Å². The molecule has 0 spiro atoms. The zero-order valence-corrected chi connectivity index (χ0v) is 23.5. The van der Waals surface area contributed by atoms with Crippen LogP contribution >= 0.6 is 0 Å². The van der Waals surface area contributed by atoms with Crippen LogP contribution in [0.4, 0.5) is 15.3 Å². The van der Waals surface area contributed by atoms with Gasteiger partial charge in [0.1, 0.15) is 11.2 Å². The Balaban J connectivity index is 1.10. The van der Waals surface area contributed by atoms with E-state index in [1.165, 1.54) is 0 Å². The zero-order valence-electron chi connectivity index (χ0n) is 23.5. The van der Waals surface area contributed by atoms with Gasteiger partial charge < -0.3 is 9.30 Å². The molecule has 10 heteroatoms. The van der Waals surface area contributed by atoms with Crippen molar-refractivity contribution in [2.75, 3.05) is 24.5 Å². The molecular formula is C29H40N6O4. The van der Waals surface area contributed by atoms with Gasteiger partial charge in [0.15, 0.2) is 0 Å².